The first-order valence-corrected chi connectivity index (χ1v) is 7.87. The fourth-order valence-corrected chi connectivity index (χ4v) is 3.49. The SMILES string of the molecule is COc1c(C)cc(C2CC(CN)CN2C)cc1C(C)(C)C. The summed E-state index contributed by atoms with van der Waals surface area (Å²) in [7, 11) is 3.97. The molecule has 0 saturated carbocycles. The van der Waals surface area contributed by atoms with E-state index in [1.54, 1.807) is 7.11 Å². The van der Waals surface area contributed by atoms with Gasteiger partial charge in [-0.2, -0.15) is 0 Å². The lowest BCUT2D eigenvalue weighted by atomic mass is 9.83. The molecule has 2 atom stereocenters. The van der Waals surface area contributed by atoms with Gasteiger partial charge in [0.1, 0.15) is 5.75 Å². The molecule has 21 heavy (non-hydrogen) atoms. The molecule has 1 aliphatic rings. The molecule has 0 aromatic heterocycles. The van der Waals surface area contributed by atoms with Crippen LogP contribution >= 0.6 is 0 Å². The number of benzene rings is 1. The lowest BCUT2D eigenvalue weighted by molar-refractivity contribution is 0.312. The minimum absolute atomic E-state index is 0.0799. The number of rotatable bonds is 3. The van der Waals surface area contributed by atoms with Crippen molar-refractivity contribution < 1.29 is 4.74 Å². The van der Waals surface area contributed by atoms with E-state index in [-0.39, 0.29) is 5.41 Å². The van der Waals surface area contributed by atoms with Gasteiger partial charge in [0, 0.05) is 18.2 Å². The highest BCUT2D eigenvalue weighted by Crippen LogP contribution is 2.40. The Bertz CT molecular complexity index is 505. The van der Waals surface area contributed by atoms with Gasteiger partial charge in [0.05, 0.1) is 7.11 Å². The molecule has 0 aliphatic carbocycles. The van der Waals surface area contributed by atoms with Crippen molar-refractivity contribution in [3.8, 4) is 5.75 Å². The molecule has 3 nitrogen and oxygen atoms in total. The van der Waals surface area contributed by atoms with Crippen LogP contribution in [0.2, 0.25) is 0 Å². The van der Waals surface area contributed by atoms with Gasteiger partial charge >= 0.3 is 0 Å². The van der Waals surface area contributed by atoms with Crippen LogP contribution in [0.1, 0.15) is 49.9 Å². The van der Waals surface area contributed by atoms with Crippen LogP contribution in [-0.2, 0) is 5.41 Å². The molecule has 2 N–H and O–H groups in total. The molecular weight excluding hydrogens is 260 g/mol. The van der Waals surface area contributed by atoms with Crippen LogP contribution in [0.25, 0.3) is 0 Å². The Labute approximate surface area is 129 Å². The number of hydrogen-bond acceptors (Lipinski definition) is 3. The maximum Gasteiger partial charge on any atom is 0.125 e. The number of nitrogens with zero attached hydrogens (tertiary/aromatic N) is 1. The summed E-state index contributed by atoms with van der Waals surface area (Å²) in [6.07, 6.45) is 1.16. The molecule has 0 bridgehead atoms. The fraction of sp³-hybridized carbons (Fsp3) is 0.667. The van der Waals surface area contributed by atoms with Gasteiger partial charge in [-0.15, -0.1) is 0 Å². The first kappa shape index (κ1) is 16.3. The highest BCUT2D eigenvalue weighted by atomic mass is 16.5. The third-order valence-electron chi connectivity index (χ3n) is 4.66. The molecule has 2 unspecified atom stereocenters. The average Bonchev–Trinajstić information content (AvgIpc) is 2.78. The quantitative estimate of drug-likeness (QED) is 0.928. The zero-order chi connectivity index (χ0) is 15.8. The van der Waals surface area contributed by atoms with E-state index in [2.05, 4.69) is 51.8 Å². The van der Waals surface area contributed by atoms with Gasteiger partial charge in [-0.25, -0.2) is 0 Å². The van der Waals surface area contributed by atoms with Crippen LogP contribution in [0.15, 0.2) is 12.1 Å². The maximum absolute atomic E-state index is 5.86. The predicted molar refractivity (Wildman–Crippen MR) is 89.0 cm³/mol. The van der Waals surface area contributed by atoms with E-state index in [0.717, 1.165) is 25.3 Å². The number of ether oxygens (including phenoxy) is 1. The summed E-state index contributed by atoms with van der Waals surface area (Å²) in [5.41, 5.74) is 9.87. The second-order valence-electron chi connectivity index (χ2n) is 7.46. The van der Waals surface area contributed by atoms with Crippen molar-refractivity contribution in [3.63, 3.8) is 0 Å². The van der Waals surface area contributed by atoms with Gasteiger partial charge in [-0.05, 0) is 55.5 Å². The van der Waals surface area contributed by atoms with Gasteiger partial charge in [0.2, 0.25) is 0 Å². The number of aryl methyl sites for hydroxylation is 1. The molecule has 118 valence electrons. The normalized spacial score (nSPS) is 23.6. The standard InChI is InChI=1S/C18H30N2O/c1-12-7-14(16-8-13(10-19)11-20(16)5)9-15(17(12)21-6)18(2,3)4/h7,9,13,16H,8,10-11,19H2,1-6H3. The van der Waals surface area contributed by atoms with Crippen molar-refractivity contribution in [2.24, 2.45) is 11.7 Å². The third-order valence-corrected chi connectivity index (χ3v) is 4.66. The third kappa shape index (κ3) is 3.24. The molecule has 1 fully saturated rings. The fourth-order valence-electron chi connectivity index (χ4n) is 3.49. The van der Waals surface area contributed by atoms with Crippen LogP contribution in [0.4, 0.5) is 0 Å². The van der Waals surface area contributed by atoms with Crippen molar-refractivity contribution in [2.45, 2.75) is 45.6 Å². The van der Waals surface area contributed by atoms with E-state index in [0.29, 0.717) is 12.0 Å². The van der Waals surface area contributed by atoms with Crippen molar-refractivity contribution >= 4 is 0 Å². The van der Waals surface area contributed by atoms with Gasteiger partial charge in [-0.1, -0.05) is 26.8 Å². The smallest absolute Gasteiger partial charge is 0.125 e. The predicted octanol–water partition coefficient (Wildman–Crippen LogP) is 3.25. The average molecular weight is 290 g/mol. The lowest BCUT2D eigenvalue weighted by Gasteiger charge is -2.27. The summed E-state index contributed by atoms with van der Waals surface area (Å²) in [6, 6.07) is 5.10. The van der Waals surface area contributed by atoms with Gasteiger partial charge < -0.3 is 10.5 Å². The second kappa shape index (κ2) is 5.98. The van der Waals surface area contributed by atoms with Gasteiger partial charge in [-0.3, -0.25) is 4.90 Å². The Morgan fingerprint density at radius 3 is 2.48 bits per heavy atom. The van der Waals surface area contributed by atoms with E-state index in [1.807, 2.05) is 0 Å². The summed E-state index contributed by atoms with van der Waals surface area (Å²) >= 11 is 0. The van der Waals surface area contributed by atoms with Crippen molar-refractivity contribution in [2.75, 3.05) is 27.2 Å². The molecule has 1 aromatic carbocycles. The summed E-state index contributed by atoms with van der Waals surface area (Å²) < 4.78 is 5.66. The van der Waals surface area contributed by atoms with Crippen molar-refractivity contribution in [1.82, 2.24) is 4.90 Å². The summed E-state index contributed by atoms with van der Waals surface area (Å²) in [4.78, 5) is 2.44. The molecule has 0 amide bonds. The van der Waals surface area contributed by atoms with Crippen LogP contribution in [0.3, 0.4) is 0 Å². The second-order valence-corrected chi connectivity index (χ2v) is 7.46. The molecule has 1 aliphatic heterocycles. The number of nitrogens with two attached hydrogens (primary N) is 1. The van der Waals surface area contributed by atoms with E-state index in [4.69, 9.17) is 10.5 Å². The molecule has 0 spiro atoms. The zero-order valence-electron chi connectivity index (χ0n) is 14.4. The maximum atomic E-state index is 5.86. The minimum atomic E-state index is 0.0799. The molecular formula is C18H30N2O. The van der Waals surface area contributed by atoms with E-state index >= 15 is 0 Å². The molecule has 1 aromatic rings. The van der Waals surface area contributed by atoms with E-state index in [9.17, 15) is 0 Å². The van der Waals surface area contributed by atoms with E-state index in [1.165, 1.54) is 16.7 Å². The summed E-state index contributed by atoms with van der Waals surface area (Å²) in [5.74, 6) is 1.64. The topological polar surface area (TPSA) is 38.5 Å². The number of methoxy groups -OCH3 is 1. The summed E-state index contributed by atoms with van der Waals surface area (Å²) in [5, 5.41) is 0. The monoisotopic (exact) mass is 290 g/mol. The van der Waals surface area contributed by atoms with Crippen LogP contribution in [0.5, 0.6) is 5.75 Å². The van der Waals surface area contributed by atoms with Crippen LogP contribution in [0, 0.1) is 12.8 Å². The summed E-state index contributed by atoms with van der Waals surface area (Å²) in [6.45, 7) is 10.8. The Hall–Kier alpha value is -1.06. The lowest BCUT2D eigenvalue weighted by Crippen LogP contribution is -2.21. The first-order chi connectivity index (χ1) is 9.77. The minimum Gasteiger partial charge on any atom is -0.496 e. The Morgan fingerprint density at radius 1 is 1.33 bits per heavy atom. The molecule has 2 rings (SSSR count). The molecule has 0 radical (unpaired) electrons. The van der Waals surface area contributed by atoms with Gasteiger partial charge in [0.15, 0.2) is 0 Å². The van der Waals surface area contributed by atoms with E-state index < -0.39 is 0 Å². The Kier molecular flexibility index (Phi) is 4.64. The van der Waals surface area contributed by atoms with Crippen molar-refractivity contribution in [3.05, 3.63) is 28.8 Å². The molecule has 1 saturated heterocycles. The molecule has 3 heteroatoms. The van der Waals surface area contributed by atoms with Crippen molar-refractivity contribution in [1.29, 1.82) is 0 Å². The largest absolute Gasteiger partial charge is 0.496 e. The van der Waals surface area contributed by atoms with Gasteiger partial charge in [0.25, 0.3) is 0 Å². The molecule has 1 heterocycles. The highest BCUT2D eigenvalue weighted by Gasteiger charge is 2.31. The first-order valence-electron chi connectivity index (χ1n) is 7.87. The van der Waals surface area contributed by atoms with Crippen LogP contribution in [-0.4, -0.2) is 32.1 Å². The Morgan fingerprint density at radius 2 is 2.00 bits per heavy atom. The van der Waals surface area contributed by atoms with Crippen LogP contribution < -0.4 is 10.5 Å². The number of hydrogen-bond donors (Lipinski definition) is 1. The Balaban J connectivity index is 2.44. The number of likely N-dealkylation sites (tertiary alicyclic amines) is 1. The highest BCUT2D eigenvalue weighted by molar-refractivity contribution is 5.48. The zero-order valence-corrected chi connectivity index (χ0v) is 14.4.